The zero-order chi connectivity index (χ0) is 57.7. The van der Waals surface area contributed by atoms with Gasteiger partial charge in [0.15, 0.2) is 0 Å². The Morgan fingerprint density at radius 2 is 0.604 bits per heavy atom. The minimum atomic E-state index is -1.05. The van der Waals surface area contributed by atoms with E-state index in [9.17, 15) is 16.4 Å². The summed E-state index contributed by atoms with van der Waals surface area (Å²) in [5, 5.41) is -6.01. The molecule has 0 fully saturated rings. The van der Waals surface area contributed by atoms with Gasteiger partial charge in [-0.3, -0.25) is 0 Å². The van der Waals surface area contributed by atoms with Crippen LogP contribution in [0, 0.1) is 0 Å². The predicted molar refractivity (Wildman–Crippen MR) is 207 cm³/mol. The first-order chi connectivity index (χ1) is 36.3. The largest absolute Gasteiger partial charge is 0.0636 e. The molecule has 0 aromatic heterocycles. The molecule has 0 aliphatic heterocycles. The highest BCUT2D eigenvalue weighted by Gasteiger charge is 2.16. The number of hydrogen-bond donors (Lipinski definition) is 0. The van der Waals surface area contributed by atoms with Crippen molar-refractivity contribution in [1.82, 2.24) is 0 Å². The Bertz CT molecular complexity index is 4240. The summed E-state index contributed by atoms with van der Waals surface area (Å²) < 4.78 is 271. The fourth-order valence-electron chi connectivity index (χ4n) is 5.75. The highest BCUT2D eigenvalue weighted by atomic mass is 14.2. The molecule has 0 radical (unpaired) electrons. The molecule has 0 N–H and O–H groups in total. The van der Waals surface area contributed by atoms with Gasteiger partial charge in [-0.25, -0.2) is 0 Å². The molecule has 0 heterocycles. The Balaban J connectivity index is 1.42. The summed E-state index contributed by atoms with van der Waals surface area (Å²) in [5.41, 5.74) is -6.36. The van der Waals surface area contributed by atoms with Crippen molar-refractivity contribution in [3.05, 3.63) is 181 Å². The number of rotatable bonds is 4. The summed E-state index contributed by atoms with van der Waals surface area (Å²) in [7, 11) is 0. The Hall–Kier alpha value is -6.24. The van der Waals surface area contributed by atoms with Crippen molar-refractivity contribution in [2.75, 3.05) is 0 Å². The van der Waals surface area contributed by atoms with Gasteiger partial charge in [-0.15, -0.1) is 0 Å². The smallest absolute Gasteiger partial charge is 0.0616 e. The first-order valence-electron chi connectivity index (χ1n) is 29.2. The van der Waals surface area contributed by atoms with Gasteiger partial charge in [0.1, 0.15) is 0 Å². The average Bonchev–Trinajstić information content (AvgIpc) is 3.49. The molecule has 0 spiro atoms. The average molecular weight is 637 g/mol. The molecule has 0 saturated heterocycles. The molecule has 0 aliphatic rings. The van der Waals surface area contributed by atoms with Gasteiger partial charge in [-0.1, -0.05) is 169 Å². The third kappa shape index (κ3) is 4.16. The summed E-state index contributed by atoms with van der Waals surface area (Å²) >= 11 is 0. The Morgan fingerprint density at radius 3 is 1.06 bits per heavy atom. The molecular weight excluding hydrogens is 577 g/mol. The second-order valence-electron chi connectivity index (χ2n) is 10.5. The van der Waals surface area contributed by atoms with Crippen LogP contribution in [0.2, 0.25) is 0 Å². The molecule has 0 aliphatic carbocycles. The molecule has 0 heteroatoms. The van der Waals surface area contributed by atoms with Crippen molar-refractivity contribution >= 4 is 53.9 Å². The van der Waals surface area contributed by atoms with Crippen LogP contribution >= 0.6 is 0 Å². The van der Waals surface area contributed by atoms with E-state index in [0.717, 1.165) is 0 Å². The molecule has 222 valence electrons. The van der Waals surface area contributed by atoms with E-state index in [1.165, 1.54) is 0 Å². The van der Waals surface area contributed by atoms with Gasteiger partial charge in [-0.05, 0) is 110 Å². The molecule has 10 aromatic rings. The summed E-state index contributed by atoms with van der Waals surface area (Å²) in [4.78, 5) is 0. The van der Waals surface area contributed by atoms with Crippen LogP contribution in [-0.4, -0.2) is 0 Å². The maximum atomic E-state index is 9.71. The summed E-state index contributed by atoms with van der Waals surface area (Å²) in [6.45, 7) is 0. The van der Waals surface area contributed by atoms with E-state index < -0.39 is 280 Å². The predicted octanol–water partition coefficient (Wildman–Crippen LogP) is 13.6. The van der Waals surface area contributed by atoms with Gasteiger partial charge in [0, 0.05) is 0 Å². The minimum absolute atomic E-state index is 0.510. The molecule has 0 atom stereocenters. The lowest BCUT2D eigenvalue weighted by Crippen LogP contribution is -1.90. The van der Waals surface area contributed by atoms with Gasteiger partial charge < -0.3 is 0 Å². The van der Waals surface area contributed by atoms with Crippen molar-refractivity contribution in [2.24, 2.45) is 0 Å². The van der Waals surface area contributed by atoms with Crippen LogP contribution in [0.4, 0.5) is 0 Å². The lowest BCUT2D eigenvalue weighted by Gasteiger charge is -2.17. The van der Waals surface area contributed by atoms with Crippen LogP contribution in [-0.2, 0) is 0 Å². The van der Waals surface area contributed by atoms with Crippen molar-refractivity contribution < 1.29 is 41.1 Å². The number of benzene rings is 10. The molecule has 10 rings (SSSR count). The van der Waals surface area contributed by atoms with Crippen LogP contribution in [0.3, 0.4) is 0 Å². The zero-order valence-corrected chi connectivity index (χ0v) is 24.0. The minimum Gasteiger partial charge on any atom is -0.0616 e. The first-order valence-corrected chi connectivity index (χ1v) is 14.2. The molecule has 0 nitrogen and oxygen atoms in total. The van der Waals surface area contributed by atoms with Crippen LogP contribution in [0.25, 0.3) is 98.4 Å². The summed E-state index contributed by atoms with van der Waals surface area (Å²) in [6.07, 6.45) is 0. The number of hydrogen-bond acceptors (Lipinski definition) is 0. The molecule has 0 amide bonds. The van der Waals surface area contributed by atoms with E-state index in [0.29, 0.717) is 0 Å². The summed E-state index contributed by atoms with van der Waals surface area (Å²) in [5.74, 6) is 0. The van der Waals surface area contributed by atoms with Crippen LogP contribution < -0.4 is 0 Å². The van der Waals surface area contributed by atoms with Crippen molar-refractivity contribution in [2.45, 2.75) is 0 Å². The third-order valence-electron chi connectivity index (χ3n) is 7.88. The van der Waals surface area contributed by atoms with Gasteiger partial charge in [-0.2, -0.15) is 0 Å². The number of fused-ring (bicyclic) bond motifs is 2. The van der Waals surface area contributed by atoms with E-state index in [1.807, 2.05) is 0 Å². The fraction of sp³-hybridized carbons (Fsp3) is 0. The Kier molecular flexibility index (Phi) is 2.36. The third-order valence-corrected chi connectivity index (χ3v) is 7.88. The monoisotopic (exact) mass is 636 g/mol. The summed E-state index contributed by atoms with van der Waals surface area (Å²) in [6, 6.07) is -28.1. The van der Waals surface area contributed by atoms with E-state index >= 15 is 0 Å². The van der Waals surface area contributed by atoms with Crippen molar-refractivity contribution in [1.29, 1.82) is 0 Å². The van der Waals surface area contributed by atoms with E-state index in [4.69, 9.17) is 24.7 Å². The van der Waals surface area contributed by atoms with Crippen molar-refractivity contribution in [3.63, 3.8) is 0 Å². The quantitative estimate of drug-likeness (QED) is 0.169. The lowest BCUT2D eigenvalue weighted by molar-refractivity contribution is 1.62. The first kappa shape index (κ1) is 10.6. The van der Waals surface area contributed by atoms with Gasteiger partial charge in [0.2, 0.25) is 0 Å². The van der Waals surface area contributed by atoms with Gasteiger partial charge >= 0.3 is 0 Å². The van der Waals surface area contributed by atoms with Crippen LogP contribution in [0.15, 0.2) is 181 Å². The second kappa shape index (κ2) is 10.7. The standard InChI is InChI=1S/C48H30/c1-3-17-39-31(9-1)11-7-19-41(39)35-13-5-15-37(29-35)43-25-21-33-24-28-46-44(26-22-34-23-27-45(43)47(33)48(34)46)38-16-6-14-36(30-38)42-20-8-12-32-10-2-4-18-40(32)42/h1-30H/i1D,2D,3D,4D,5D,6D,7D,8D,9D,10D,11D,12D,13D,14D,15D,16D,17D,18D,19D,20D,21D,22D,23D,24D,25D,26D,27D,28D,29D,30D. The lowest BCUT2D eigenvalue weighted by atomic mass is 9.86. The highest BCUT2D eigenvalue weighted by molar-refractivity contribution is 6.27. The Morgan fingerprint density at radius 1 is 0.250 bits per heavy atom. The van der Waals surface area contributed by atoms with E-state index in [1.54, 1.807) is 0 Å². The zero-order valence-electron chi connectivity index (χ0n) is 54.0. The molecule has 10 aromatic carbocycles. The Labute approximate surface area is 321 Å². The highest BCUT2D eigenvalue weighted by Crippen LogP contribution is 2.43. The maximum absolute atomic E-state index is 9.71. The maximum Gasteiger partial charge on any atom is 0.0636 e. The second-order valence-corrected chi connectivity index (χ2v) is 10.5. The SMILES string of the molecule is [2H]c1c([2H])c(-c2c([2H])c([2H])c([2H])c3c([2H])c([2H])c([2H])c([2H])c23)c([2H])c(-c2c([2H])c([2H])c3c([2H])c([2H])c4c(-c5c([2H])c([2H])c([2H])c(-c6c([2H])c([2H])c([2H])c7c([2H])c([2H])c([2H])c([2H])c67)c5[2H])c([2H])c([2H])c5c([2H])c([2H])c2c3c54)c1[2H]. The normalized spacial score (nSPS) is 20.5. The van der Waals surface area contributed by atoms with Crippen LogP contribution in [0.1, 0.15) is 41.1 Å². The molecule has 0 unspecified atom stereocenters. The van der Waals surface area contributed by atoms with Crippen LogP contribution in [0.5, 0.6) is 0 Å². The fourth-order valence-corrected chi connectivity index (χ4v) is 5.75. The molecule has 0 bridgehead atoms. The molecule has 48 heavy (non-hydrogen) atoms. The van der Waals surface area contributed by atoms with Crippen molar-refractivity contribution in [3.8, 4) is 44.5 Å². The molecule has 0 saturated carbocycles. The van der Waals surface area contributed by atoms with Gasteiger partial charge in [0.25, 0.3) is 0 Å². The molecular formula is C48H30. The van der Waals surface area contributed by atoms with E-state index in [-0.39, 0.29) is 0 Å². The van der Waals surface area contributed by atoms with E-state index in [2.05, 4.69) is 0 Å². The van der Waals surface area contributed by atoms with Gasteiger partial charge in [0.05, 0.1) is 41.1 Å². The topological polar surface area (TPSA) is 0 Å².